The van der Waals surface area contributed by atoms with Gasteiger partial charge in [-0.3, -0.25) is 4.98 Å². The number of pyridine rings is 2. The molecular formula is C16H18N4. The van der Waals surface area contributed by atoms with E-state index in [9.17, 15) is 0 Å². The van der Waals surface area contributed by atoms with Gasteiger partial charge >= 0.3 is 0 Å². The van der Waals surface area contributed by atoms with E-state index in [1.165, 1.54) is 10.9 Å². The molecule has 1 N–H and O–H groups in total. The number of fused-ring (bicyclic) bond motifs is 1. The molecule has 0 aliphatic carbocycles. The van der Waals surface area contributed by atoms with Crippen LogP contribution >= 0.6 is 0 Å². The van der Waals surface area contributed by atoms with E-state index in [1.54, 1.807) is 0 Å². The first-order chi connectivity index (χ1) is 9.88. The van der Waals surface area contributed by atoms with Gasteiger partial charge in [0.1, 0.15) is 5.65 Å². The Morgan fingerprint density at radius 3 is 2.80 bits per heavy atom. The minimum absolute atomic E-state index is 0.860. The predicted octanol–water partition coefficient (Wildman–Crippen LogP) is 2.39. The Labute approximate surface area is 118 Å². The van der Waals surface area contributed by atoms with Gasteiger partial charge in [0, 0.05) is 49.2 Å². The lowest BCUT2D eigenvalue weighted by atomic mass is 10.2. The van der Waals surface area contributed by atoms with Crippen LogP contribution < -0.4 is 5.32 Å². The molecule has 0 aliphatic heterocycles. The third kappa shape index (κ3) is 2.56. The summed E-state index contributed by atoms with van der Waals surface area (Å²) < 4.78 is 2.22. The zero-order valence-electron chi connectivity index (χ0n) is 11.6. The van der Waals surface area contributed by atoms with Gasteiger partial charge in [-0.25, -0.2) is 4.98 Å². The molecule has 0 fully saturated rings. The van der Waals surface area contributed by atoms with Crippen molar-refractivity contribution in [2.45, 2.75) is 19.5 Å². The third-order valence-electron chi connectivity index (χ3n) is 3.42. The third-order valence-corrected chi connectivity index (χ3v) is 3.42. The molecule has 3 heterocycles. The van der Waals surface area contributed by atoms with E-state index in [-0.39, 0.29) is 0 Å². The van der Waals surface area contributed by atoms with Crippen molar-refractivity contribution in [2.24, 2.45) is 0 Å². The summed E-state index contributed by atoms with van der Waals surface area (Å²) in [7, 11) is 1.97. The Kier molecular flexibility index (Phi) is 3.74. The lowest BCUT2D eigenvalue weighted by Gasteiger charge is -2.04. The van der Waals surface area contributed by atoms with Gasteiger partial charge in [0.2, 0.25) is 0 Å². The summed E-state index contributed by atoms with van der Waals surface area (Å²) in [5.74, 6) is 0. The zero-order chi connectivity index (χ0) is 13.8. The van der Waals surface area contributed by atoms with Gasteiger partial charge in [-0.15, -0.1) is 0 Å². The number of hydrogen-bond acceptors (Lipinski definition) is 3. The molecule has 0 radical (unpaired) electrons. The predicted molar refractivity (Wildman–Crippen MR) is 80.4 cm³/mol. The minimum atomic E-state index is 0.860. The minimum Gasteiger partial charge on any atom is -0.332 e. The number of hydrogen-bond donors (Lipinski definition) is 1. The summed E-state index contributed by atoms with van der Waals surface area (Å²) in [6, 6.07) is 10.2. The molecule has 0 unspecified atom stereocenters. The van der Waals surface area contributed by atoms with Crippen LogP contribution in [0.15, 0.2) is 48.9 Å². The fourth-order valence-electron chi connectivity index (χ4n) is 2.48. The van der Waals surface area contributed by atoms with Crippen molar-refractivity contribution in [3.8, 4) is 0 Å². The molecule has 4 heteroatoms. The molecule has 0 aromatic carbocycles. The summed E-state index contributed by atoms with van der Waals surface area (Å²) in [6.45, 7) is 1.76. The maximum Gasteiger partial charge on any atom is 0.140 e. The highest BCUT2D eigenvalue weighted by Gasteiger charge is 2.08. The second-order valence-corrected chi connectivity index (χ2v) is 4.82. The van der Waals surface area contributed by atoms with E-state index >= 15 is 0 Å². The van der Waals surface area contributed by atoms with Crippen molar-refractivity contribution in [1.82, 2.24) is 19.9 Å². The SMILES string of the molecule is CNCc1cn(CCc2ccccn2)c2ncccc12. The van der Waals surface area contributed by atoms with Crippen LogP contribution in [-0.4, -0.2) is 21.6 Å². The molecule has 3 rings (SSSR count). The molecular weight excluding hydrogens is 248 g/mol. The van der Waals surface area contributed by atoms with Crippen molar-refractivity contribution in [2.75, 3.05) is 7.05 Å². The van der Waals surface area contributed by atoms with Crippen LogP contribution in [0, 0.1) is 0 Å². The highest BCUT2D eigenvalue weighted by molar-refractivity contribution is 5.80. The maximum absolute atomic E-state index is 4.51. The highest BCUT2D eigenvalue weighted by atomic mass is 15.0. The number of nitrogens with zero attached hydrogens (tertiary/aromatic N) is 3. The Bertz CT molecular complexity index is 688. The van der Waals surface area contributed by atoms with Crippen molar-refractivity contribution in [1.29, 1.82) is 0 Å². The van der Waals surface area contributed by atoms with Gasteiger partial charge < -0.3 is 9.88 Å². The van der Waals surface area contributed by atoms with E-state index in [0.717, 1.165) is 30.9 Å². The van der Waals surface area contributed by atoms with Crippen LogP contribution in [0.1, 0.15) is 11.3 Å². The summed E-state index contributed by atoms with van der Waals surface area (Å²) in [6.07, 6.45) is 6.80. The number of nitrogens with one attached hydrogen (secondary N) is 1. The van der Waals surface area contributed by atoms with E-state index in [4.69, 9.17) is 0 Å². The zero-order valence-corrected chi connectivity index (χ0v) is 11.6. The monoisotopic (exact) mass is 266 g/mol. The summed E-state index contributed by atoms with van der Waals surface area (Å²) in [5.41, 5.74) is 3.45. The maximum atomic E-state index is 4.51. The van der Waals surface area contributed by atoms with Crippen LogP contribution in [0.3, 0.4) is 0 Å². The Balaban J connectivity index is 1.87. The number of aryl methyl sites for hydroxylation is 2. The molecule has 0 aliphatic rings. The van der Waals surface area contributed by atoms with Crippen LogP contribution in [0.5, 0.6) is 0 Å². The summed E-state index contributed by atoms with van der Waals surface area (Å²) in [4.78, 5) is 8.88. The molecule has 0 atom stereocenters. The smallest absolute Gasteiger partial charge is 0.140 e. The largest absolute Gasteiger partial charge is 0.332 e. The second kappa shape index (κ2) is 5.84. The van der Waals surface area contributed by atoms with Crippen LogP contribution in [0.25, 0.3) is 11.0 Å². The molecule has 102 valence electrons. The number of rotatable bonds is 5. The first-order valence-corrected chi connectivity index (χ1v) is 6.85. The van der Waals surface area contributed by atoms with Crippen LogP contribution in [0.4, 0.5) is 0 Å². The van der Waals surface area contributed by atoms with E-state index in [1.807, 2.05) is 37.6 Å². The molecule has 0 amide bonds. The second-order valence-electron chi connectivity index (χ2n) is 4.82. The van der Waals surface area contributed by atoms with Gasteiger partial charge in [-0.05, 0) is 36.9 Å². The average Bonchev–Trinajstić information content (AvgIpc) is 2.85. The quantitative estimate of drug-likeness (QED) is 0.771. The van der Waals surface area contributed by atoms with Gasteiger partial charge in [-0.2, -0.15) is 0 Å². The molecule has 0 saturated heterocycles. The first-order valence-electron chi connectivity index (χ1n) is 6.85. The Morgan fingerprint density at radius 2 is 2.00 bits per heavy atom. The normalized spacial score (nSPS) is 11.1. The van der Waals surface area contributed by atoms with E-state index in [0.29, 0.717) is 0 Å². The van der Waals surface area contributed by atoms with Gasteiger partial charge in [0.15, 0.2) is 0 Å². The topological polar surface area (TPSA) is 42.7 Å². The standard InChI is InChI=1S/C16H18N4/c1-17-11-13-12-20(16-15(13)6-4-9-19-16)10-7-14-5-2-3-8-18-14/h2-6,8-9,12,17H,7,10-11H2,1H3. The molecule has 4 nitrogen and oxygen atoms in total. The fourth-order valence-corrected chi connectivity index (χ4v) is 2.48. The van der Waals surface area contributed by atoms with Crippen LogP contribution in [-0.2, 0) is 19.5 Å². The van der Waals surface area contributed by atoms with Crippen molar-refractivity contribution in [3.63, 3.8) is 0 Å². The average molecular weight is 266 g/mol. The van der Waals surface area contributed by atoms with Crippen molar-refractivity contribution < 1.29 is 0 Å². The van der Waals surface area contributed by atoms with Gasteiger partial charge in [0.05, 0.1) is 0 Å². The molecule has 3 aromatic heterocycles. The highest BCUT2D eigenvalue weighted by Crippen LogP contribution is 2.19. The Morgan fingerprint density at radius 1 is 1.10 bits per heavy atom. The Hall–Kier alpha value is -2.20. The van der Waals surface area contributed by atoms with Crippen LogP contribution in [0.2, 0.25) is 0 Å². The van der Waals surface area contributed by atoms with E-state index < -0.39 is 0 Å². The van der Waals surface area contributed by atoms with Crippen molar-refractivity contribution in [3.05, 3.63) is 60.2 Å². The molecule has 3 aromatic rings. The molecule has 0 saturated carbocycles. The lowest BCUT2D eigenvalue weighted by Crippen LogP contribution is -2.05. The lowest BCUT2D eigenvalue weighted by molar-refractivity contribution is 0.698. The fraction of sp³-hybridized carbons (Fsp3) is 0.250. The van der Waals surface area contributed by atoms with Gasteiger partial charge in [-0.1, -0.05) is 6.07 Å². The summed E-state index contributed by atoms with van der Waals surface area (Å²) >= 11 is 0. The van der Waals surface area contributed by atoms with Gasteiger partial charge in [0.25, 0.3) is 0 Å². The number of aromatic nitrogens is 3. The summed E-state index contributed by atoms with van der Waals surface area (Å²) in [5, 5.41) is 4.43. The first kappa shape index (κ1) is 12.8. The molecule has 0 spiro atoms. The van der Waals surface area contributed by atoms with Crippen molar-refractivity contribution >= 4 is 11.0 Å². The molecule has 20 heavy (non-hydrogen) atoms. The van der Waals surface area contributed by atoms with E-state index in [2.05, 4.69) is 38.2 Å². The molecule has 0 bridgehead atoms.